The van der Waals surface area contributed by atoms with E-state index < -0.39 is 0 Å². The molecule has 170 valence electrons. The molecule has 3 aromatic carbocycles. The van der Waals surface area contributed by atoms with Crippen LogP contribution >= 0.6 is 12.4 Å². The van der Waals surface area contributed by atoms with E-state index in [4.69, 9.17) is 4.74 Å². The summed E-state index contributed by atoms with van der Waals surface area (Å²) in [5.41, 5.74) is 7.23. The van der Waals surface area contributed by atoms with Crippen molar-refractivity contribution in [3.8, 4) is 5.75 Å². The molecular formula is C28H34ClNO2. The van der Waals surface area contributed by atoms with Gasteiger partial charge in [-0.25, -0.2) is 0 Å². The van der Waals surface area contributed by atoms with Crippen LogP contribution in [-0.4, -0.2) is 43.9 Å². The standard InChI is InChI=1S/C28H33NO2.ClH/c1-22-11-13-24(14-12-22)28(27(10-7-20-30)23-8-5-4-6-9-23)25-15-17-26(18-16-25)31-21-19-29(2)3;/h4-6,8-9,11-18,30H,7,10,19-21H2,1-3H3;1H/b28-27-;. The van der Waals surface area contributed by atoms with Crippen molar-refractivity contribution >= 4 is 23.6 Å². The first kappa shape index (κ1) is 25.7. The van der Waals surface area contributed by atoms with E-state index in [1.165, 1.54) is 27.8 Å². The van der Waals surface area contributed by atoms with E-state index in [-0.39, 0.29) is 19.0 Å². The third kappa shape index (κ3) is 7.23. The van der Waals surface area contributed by atoms with Crippen LogP contribution in [0.25, 0.3) is 11.1 Å². The second-order valence-electron chi connectivity index (χ2n) is 8.09. The van der Waals surface area contributed by atoms with Gasteiger partial charge in [-0.3, -0.25) is 0 Å². The normalized spacial score (nSPS) is 11.7. The number of nitrogens with zero attached hydrogens (tertiary/aromatic N) is 1. The van der Waals surface area contributed by atoms with E-state index in [1.54, 1.807) is 0 Å². The van der Waals surface area contributed by atoms with Crippen molar-refractivity contribution in [3.63, 3.8) is 0 Å². The minimum absolute atomic E-state index is 0. The minimum Gasteiger partial charge on any atom is -0.492 e. The zero-order valence-electron chi connectivity index (χ0n) is 19.3. The van der Waals surface area contributed by atoms with Crippen LogP contribution in [0.2, 0.25) is 0 Å². The van der Waals surface area contributed by atoms with Gasteiger partial charge in [-0.2, -0.15) is 0 Å². The summed E-state index contributed by atoms with van der Waals surface area (Å²) in [6.07, 6.45) is 1.54. The number of benzene rings is 3. The number of halogens is 1. The van der Waals surface area contributed by atoms with Crippen molar-refractivity contribution in [1.82, 2.24) is 4.90 Å². The third-order valence-electron chi connectivity index (χ3n) is 5.30. The smallest absolute Gasteiger partial charge is 0.119 e. The van der Waals surface area contributed by atoms with Gasteiger partial charge >= 0.3 is 0 Å². The molecule has 4 heteroatoms. The molecule has 1 N–H and O–H groups in total. The van der Waals surface area contributed by atoms with Gasteiger partial charge in [0.1, 0.15) is 12.4 Å². The molecule has 0 radical (unpaired) electrons. The largest absolute Gasteiger partial charge is 0.492 e. The first-order chi connectivity index (χ1) is 15.1. The molecule has 3 aromatic rings. The summed E-state index contributed by atoms with van der Waals surface area (Å²) in [4.78, 5) is 2.11. The zero-order chi connectivity index (χ0) is 22.1. The van der Waals surface area contributed by atoms with E-state index >= 15 is 0 Å². The van der Waals surface area contributed by atoms with Gasteiger partial charge in [0.2, 0.25) is 0 Å². The van der Waals surface area contributed by atoms with Crippen LogP contribution in [0.3, 0.4) is 0 Å². The quantitative estimate of drug-likeness (QED) is 0.378. The second kappa shape index (κ2) is 13.1. The zero-order valence-corrected chi connectivity index (χ0v) is 20.1. The van der Waals surface area contributed by atoms with Crippen LogP contribution in [-0.2, 0) is 0 Å². The molecule has 0 unspecified atom stereocenters. The lowest BCUT2D eigenvalue weighted by Gasteiger charge is -2.18. The average Bonchev–Trinajstić information content (AvgIpc) is 2.79. The van der Waals surface area contributed by atoms with Crippen LogP contribution < -0.4 is 4.74 Å². The summed E-state index contributed by atoms with van der Waals surface area (Å²) in [5.74, 6) is 0.880. The molecule has 32 heavy (non-hydrogen) atoms. The Labute approximate surface area is 198 Å². The Balaban J connectivity index is 0.00000363. The topological polar surface area (TPSA) is 32.7 Å². The van der Waals surface area contributed by atoms with Crippen LogP contribution in [0, 0.1) is 6.92 Å². The number of aliphatic hydroxyl groups is 1. The molecule has 0 aliphatic rings. The Hall–Kier alpha value is -2.59. The fourth-order valence-corrected chi connectivity index (χ4v) is 3.61. The van der Waals surface area contributed by atoms with Gasteiger partial charge in [0.25, 0.3) is 0 Å². The maximum absolute atomic E-state index is 9.54. The summed E-state index contributed by atoms with van der Waals surface area (Å²) in [5, 5.41) is 9.54. The monoisotopic (exact) mass is 451 g/mol. The molecule has 0 spiro atoms. The Bertz CT molecular complexity index is 965. The fraction of sp³-hybridized carbons (Fsp3) is 0.286. The highest BCUT2D eigenvalue weighted by atomic mass is 35.5. The number of likely N-dealkylation sites (N-methyl/N-ethyl adjacent to an activating group) is 1. The maximum Gasteiger partial charge on any atom is 0.119 e. The average molecular weight is 452 g/mol. The summed E-state index contributed by atoms with van der Waals surface area (Å²) in [6.45, 7) is 3.83. The first-order valence-corrected chi connectivity index (χ1v) is 10.9. The van der Waals surface area contributed by atoms with Crippen molar-refractivity contribution in [2.24, 2.45) is 0 Å². The predicted octanol–water partition coefficient (Wildman–Crippen LogP) is 6.09. The van der Waals surface area contributed by atoms with Gasteiger partial charge in [-0.05, 0) is 73.8 Å². The Morgan fingerprint density at radius 1 is 0.812 bits per heavy atom. The summed E-state index contributed by atoms with van der Waals surface area (Å²) in [7, 11) is 4.09. The highest BCUT2D eigenvalue weighted by Crippen LogP contribution is 2.35. The van der Waals surface area contributed by atoms with Crippen molar-refractivity contribution in [3.05, 3.63) is 101 Å². The van der Waals surface area contributed by atoms with E-state index in [2.05, 4.69) is 72.5 Å². The highest BCUT2D eigenvalue weighted by molar-refractivity contribution is 5.98. The van der Waals surface area contributed by atoms with Gasteiger partial charge in [0, 0.05) is 13.2 Å². The van der Waals surface area contributed by atoms with Gasteiger partial charge in [0.05, 0.1) is 0 Å². The molecule has 3 nitrogen and oxygen atoms in total. The molecular weight excluding hydrogens is 418 g/mol. The summed E-state index contributed by atoms with van der Waals surface area (Å²) in [6, 6.07) is 27.6. The van der Waals surface area contributed by atoms with Gasteiger partial charge < -0.3 is 14.7 Å². The molecule has 0 atom stereocenters. The van der Waals surface area contributed by atoms with E-state index in [0.29, 0.717) is 6.61 Å². The van der Waals surface area contributed by atoms with E-state index in [0.717, 1.165) is 30.7 Å². The number of aryl methyl sites for hydroxylation is 1. The number of allylic oxidation sites excluding steroid dienone is 1. The molecule has 0 saturated carbocycles. The van der Waals surface area contributed by atoms with Crippen LogP contribution in [0.15, 0.2) is 78.9 Å². The highest BCUT2D eigenvalue weighted by Gasteiger charge is 2.14. The third-order valence-corrected chi connectivity index (χ3v) is 5.30. The lowest BCUT2D eigenvalue weighted by Crippen LogP contribution is -2.19. The van der Waals surface area contributed by atoms with Gasteiger partial charge in [0.15, 0.2) is 0 Å². The molecule has 0 aliphatic heterocycles. The molecule has 0 amide bonds. The predicted molar refractivity (Wildman–Crippen MR) is 138 cm³/mol. The van der Waals surface area contributed by atoms with E-state index in [1.807, 2.05) is 32.3 Å². The number of hydrogen-bond donors (Lipinski definition) is 1. The molecule has 0 aromatic heterocycles. The first-order valence-electron chi connectivity index (χ1n) is 10.9. The van der Waals surface area contributed by atoms with Crippen LogP contribution in [0.4, 0.5) is 0 Å². The molecule has 0 bridgehead atoms. The Morgan fingerprint density at radius 2 is 1.41 bits per heavy atom. The lowest BCUT2D eigenvalue weighted by atomic mass is 9.87. The summed E-state index contributed by atoms with van der Waals surface area (Å²) < 4.78 is 5.89. The molecule has 0 saturated heterocycles. The lowest BCUT2D eigenvalue weighted by molar-refractivity contribution is 0.261. The van der Waals surface area contributed by atoms with E-state index in [9.17, 15) is 5.11 Å². The van der Waals surface area contributed by atoms with Crippen molar-refractivity contribution in [2.45, 2.75) is 19.8 Å². The van der Waals surface area contributed by atoms with Crippen molar-refractivity contribution < 1.29 is 9.84 Å². The number of ether oxygens (including phenoxy) is 1. The molecule has 0 fully saturated rings. The molecule has 0 heterocycles. The number of rotatable bonds is 10. The van der Waals surface area contributed by atoms with Crippen molar-refractivity contribution in [1.29, 1.82) is 0 Å². The molecule has 0 aliphatic carbocycles. The second-order valence-corrected chi connectivity index (χ2v) is 8.09. The van der Waals surface area contributed by atoms with Gasteiger partial charge in [-0.15, -0.1) is 12.4 Å². The fourth-order valence-electron chi connectivity index (χ4n) is 3.61. The van der Waals surface area contributed by atoms with Crippen molar-refractivity contribution in [2.75, 3.05) is 33.9 Å². The summed E-state index contributed by atoms with van der Waals surface area (Å²) >= 11 is 0. The maximum atomic E-state index is 9.54. The van der Waals surface area contributed by atoms with Crippen LogP contribution in [0.1, 0.15) is 35.1 Å². The SMILES string of the molecule is Cc1ccc(/C(=C(\CCCO)c2ccccc2)c2ccc(OCCN(C)C)cc2)cc1.Cl. The minimum atomic E-state index is 0. The number of hydrogen-bond acceptors (Lipinski definition) is 3. The Kier molecular flexibility index (Phi) is 10.5. The van der Waals surface area contributed by atoms with Gasteiger partial charge in [-0.1, -0.05) is 72.3 Å². The Morgan fingerprint density at radius 3 is 1.97 bits per heavy atom. The molecule has 3 rings (SSSR count). The van der Waals surface area contributed by atoms with Crippen LogP contribution in [0.5, 0.6) is 5.75 Å². The number of aliphatic hydroxyl groups excluding tert-OH is 1.